The molecule has 1 unspecified atom stereocenters. The zero-order valence-corrected chi connectivity index (χ0v) is 15.8. The number of nitrogens with zero attached hydrogens (tertiary/aromatic N) is 2. The van der Waals surface area contributed by atoms with Gasteiger partial charge in [0.05, 0.1) is 30.5 Å². The summed E-state index contributed by atoms with van der Waals surface area (Å²) in [6.07, 6.45) is 1.66. The normalized spacial score (nSPS) is 12.1. The van der Waals surface area contributed by atoms with E-state index in [4.69, 9.17) is 14.2 Å². The van der Waals surface area contributed by atoms with E-state index >= 15 is 0 Å². The second kappa shape index (κ2) is 9.44. The summed E-state index contributed by atoms with van der Waals surface area (Å²) in [6.45, 7) is 6.44. The molecule has 0 aliphatic rings. The molecule has 8 nitrogen and oxygen atoms in total. The molecular weight excluding hydrogens is 360 g/mol. The van der Waals surface area contributed by atoms with Crippen molar-refractivity contribution in [2.24, 2.45) is 0 Å². The summed E-state index contributed by atoms with van der Waals surface area (Å²) in [4.78, 5) is 41.9. The van der Waals surface area contributed by atoms with Crippen molar-refractivity contribution in [1.82, 2.24) is 9.55 Å². The number of rotatable bonds is 9. The van der Waals surface area contributed by atoms with E-state index in [1.165, 1.54) is 22.2 Å². The van der Waals surface area contributed by atoms with Crippen molar-refractivity contribution in [2.75, 3.05) is 26.4 Å². The molecule has 0 N–H and O–H groups in total. The Bertz CT molecular complexity index is 828. The number of carbonyl (C=O) groups is 2. The molecule has 0 amide bonds. The van der Waals surface area contributed by atoms with E-state index in [-0.39, 0.29) is 24.2 Å². The minimum absolute atomic E-state index is 0.111. The van der Waals surface area contributed by atoms with Gasteiger partial charge in [-0.1, -0.05) is 6.92 Å². The van der Waals surface area contributed by atoms with Gasteiger partial charge in [-0.15, -0.1) is 11.3 Å². The Morgan fingerprint density at radius 2 is 1.96 bits per heavy atom. The molecule has 2 aromatic heterocycles. The number of hydrogen-bond donors (Lipinski definition) is 0. The summed E-state index contributed by atoms with van der Waals surface area (Å²) in [7, 11) is 0. The molecule has 0 bridgehead atoms. The fraction of sp³-hybridized carbons (Fsp3) is 0.529. The van der Waals surface area contributed by atoms with E-state index in [1.807, 2.05) is 6.92 Å². The first kappa shape index (κ1) is 20.1. The lowest BCUT2D eigenvalue weighted by Crippen LogP contribution is -2.32. The Morgan fingerprint density at radius 3 is 2.62 bits per heavy atom. The fourth-order valence-electron chi connectivity index (χ4n) is 2.45. The van der Waals surface area contributed by atoms with Crippen molar-refractivity contribution < 1.29 is 23.8 Å². The van der Waals surface area contributed by atoms with Gasteiger partial charge in [-0.2, -0.15) is 0 Å². The van der Waals surface area contributed by atoms with Gasteiger partial charge in [-0.25, -0.2) is 14.6 Å². The molecule has 2 heterocycles. The van der Waals surface area contributed by atoms with Gasteiger partial charge < -0.3 is 14.2 Å². The SMILES string of the molecule is CCOCCOC(=O)C(CC)n1cnc2scc(C(=O)OCC)c2c1=O. The molecule has 2 aromatic rings. The monoisotopic (exact) mass is 382 g/mol. The van der Waals surface area contributed by atoms with Crippen LogP contribution < -0.4 is 5.56 Å². The predicted octanol–water partition coefficient (Wildman–Crippen LogP) is 2.17. The van der Waals surface area contributed by atoms with Gasteiger partial charge in [0.1, 0.15) is 17.5 Å². The second-order valence-electron chi connectivity index (χ2n) is 5.30. The van der Waals surface area contributed by atoms with E-state index in [0.717, 1.165) is 0 Å². The van der Waals surface area contributed by atoms with E-state index in [0.29, 0.717) is 24.5 Å². The lowest BCUT2D eigenvalue weighted by atomic mass is 10.2. The highest BCUT2D eigenvalue weighted by molar-refractivity contribution is 7.17. The van der Waals surface area contributed by atoms with Crippen LogP contribution in [0.3, 0.4) is 0 Å². The van der Waals surface area contributed by atoms with E-state index in [1.54, 1.807) is 19.2 Å². The Labute approximate surface area is 154 Å². The average Bonchev–Trinajstić information content (AvgIpc) is 3.06. The van der Waals surface area contributed by atoms with Gasteiger partial charge in [0.15, 0.2) is 0 Å². The van der Waals surface area contributed by atoms with Crippen LogP contribution in [0, 0.1) is 0 Å². The molecule has 0 aliphatic carbocycles. The largest absolute Gasteiger partial charge is 0.462 e. The summed E-state index contributed by atoms with van der Waals surface area (Å²) < 4.78 is 16.5. The quantitative estimate of drug-likeness (QED) is 0.484. The Kier molecular flexibility index (Phi) is 7.28. The molecule has 2 rings (SSSR count). The standard InChI is InChI=1S/C17H22N2O6S/c1-4-12(17(22)25-8-7-23-5-2)19-10-18-14-13(15(19)20)11(9-26-14)16(21)24-6-3/h9-10,12H,4-8H2,1-3H3. The van der Waals surface area contributed by atoms with Gasteiger partial charge in [0.25, 0.3) is 5.56 Å². The van der Waals surface area contributed by atoms with Crippen LogP contribution in [-0.2, 0) is 19.0 Å². The summed E-state index contributed by atoms with van der Waals surface area (Å²) >= 11 is 1.18. The first-order chi connectivity index (χ1) is 12.5. The fourth-order valence-corrected chi connectivity index (χ4v) is 3.31. The predicted molar refractivity (Wildman–Crippen MR) is 96.6 cm³/mol. The van der Waals surface area contributed by atoms with Gasteiger partial charge in [0.2, 0.25) is 0 Å². The van der Waals surface area contributed by atoms with E-state index < -0.39 is 23.5 Å². The third-order valence-corrected chi connectivity index (χ3v) is 4.57. The third kappa shape index (κ3) is 4.28. The van der Waals surface area contributed by atoms with Gasteiger partial charge >= 0.3 is 11.9 Å². The van der Waals surface area contributed by atoms with Crippen LogP contribution in [0.2, 0.25) is 0 Å². The number of ether oxygens (including phenoxy) is 3. The molecule has 0 aliphatic heterocycles. The van der Waals surface area contributed by atoms with Crippen LogP contribution in [0.15, 0.2) is 16.5 Å². The summed E-state index contributed by atoms with van der Waals surface area (Å²) in [5.41, 5.74) is -0.300. The molecular formula is C17H22N2O6S. The first-order valence-corrected chi connectivity index (χ1v) is 9.32. The Morgan fingerprint density at radius 1 is 1.19 bits per heavy atom. The number of esters is 2. The van der Waals surface area contributed by atoms with Crippen LogP contribution in [0.25, 0.3) is 10.2 Å². The molecule has 0 aromatic carbocycles. The van der Waals surface area contributed by atoms with Crippen LogP contribution in [0.1, 0.15) is 43.6 Å². The second-order valence-corrected chi connectivity index (χ2v) is 6.15. The zero-order valence-electron chi connectivity index (χ0n) is 15.0. The number of fused-ring (bicyclic) bond motifs is 1. The highest BCUT2D eigenvalue weighted by atomic mass is 32.1. The lowest BCUT2D eigenvalue weighted by Gasteiger charge is -2.16. The molecule has 0 spiro atoms. The number of carbonyl (C=O) groups excluding carboxylic acids is 2. The van der Waals surface area contributed by atoms with Gasteiger partial charge in [-0.05, 0) is 20.3 Å². The molecule has 0 radical (unpaired) electrons. The lowest BCUT2D eigenvalue weighted by molar-refractivity contribution is -0.149. The molecule has 0 fully saturated rings. The maximum absolute atomic E-state index is 12.9. The smallest absolute Gasteiger partial charge is 0.339 e. The first-order valence-electron chi connectivity index (χ1n) is 8.44. The zero-order chi connectivity index (χ0) is 19.1. The molecule has 0 saturated carbocycles. The minimum atomic E-state index is -0.823. The van der Waals surface area contributed by atoms with Crippen molar-refractivity contribution in [3.8, 4) is 0 Å². The average molecular weight is 382 g/mol. The number of hydrogen-bond acceptors (Lipinski definition) is 8. The maximum Gasteiger partial charge on any atom is 0.339 e. The molecule has 26 heavy (non-hydrogen) atoms. The van der Waals surface area contributed by atoms with Gasteiger partial charge in [0, 0.05) is 12.0 Å². The van der Waals surface area contributed by atoms with Crippen molar-refractivity contribution >= 4 is 33.5 Å². The van der Waals surface area contributed by atoms with Gasteiger partial charge in [-0.3, -0.25) is 9.36 Å². The highest BCUT2D eigenvalue weighted by Gasteiger charge is 2.25. The van der Waals surface area contributed by atoms with E-state index in [9.17, 15) is 14.4 Å². The maximum atomic E-state index is 12.9. The number of thiophene rings is 1. The summed E-state index contributed by atoms with van der Waals surface area (Å²) in [5, 5.41) is 1.71. The van der Waals surface area contributed by atoms with E-state index in [2.05, 4.69) is 4.98 Å². The number of aromatic nitrogens is 2. The molecule has 1 atom stereocenters. The molecule has 0 saturated heterocycles. The Hall–Kier alpha value is -2.26. The van der Waals surface area contributed by atoms with Crippen molar-refractivity contribution in [2.45, 2.75) is 33.2 Å². The summed E-state index contributed by atoms with van der Waals surface area (Å²) in [5.74, 6) is -1.12. The minimum Gasteiger partial charge on any atom is -0.462 e. The van der Waals surface area contributed by atoms with Crippen molar-refractivity contribution in [3.63, 3.8) is 0 Å². The third-order valence-electron chi connectivity index (χ3n) is 3.69. The van der Waals surface area contributed by atoms with Crippen LogP contribution in [0.5, 0.6) is 0 Å². The van der Waals surface area contributed by atoms with Crippen molar-refractivity contribution in [3.05, 3.63) is 27.6 Å². The van der Waals surface area contributed by atoms with Crippen LogP contribution in [0.4, 0.5) is 0 Å². The van der Waals surface area contributed by atoms with Crippen molar-refractivity contribution in [1.29, 1.82) is 0 Å². The van der Waals surface area contributed by atoms with Crippen LogP contribution >= 0.6 is 11.3 Å². The topological polar surface area (TPSA) is 96.7 Å². The molecule has 9 heteroatoms. The summed E-state index contributed by atoms with van der Waals surface area (Å²) in [6, 6.07) is -0.823. The molecule has 142 valence electrons. The van der Waals surface area contributed by atoms with Crippen LogP contribution in [-0.4, -0.2) is 47.9 Å². The Balaban J connectivity index is 2.34. The highest BCUT2D eigenvalue weighted by Crippen LogP contribution is 2.23.